The summed E-state index contributed by atoms with van der Waals surface area (Å²) in [7, 11) is 0. The first-order chi connectivity index (χ1) is 12.0. The number of para-hydroxylation sites is 1. The number of benzene rings is 1. The summed E-state index contributed by atoms with van der Waals surface area (Å²) in [6.45, 7) is 3.66. The number of amides is 2. The number of hydrogen-bond donors (Lipinski definition) is 1. The molecule has 2 amide bonds. The molecule has 1 aliphatic rings. The summed E-state index contributed by atoms with van der Waals surface area (Å²) in [5.41, 5.74) is 0.536. The van der Waals surface area contributed by atoms with Gasteiger partial charge in [-0.15, -0.1) is 0 Å². The molecule has 2 aromatic rings. The molecule has 1 saturated heterocycles. The second-order valence-electron chi connectivity index (χ2n) is 5.87. The predicted molar refractivity (Wildman–Crippen MR) is 89.7 cm³/mol. The predicted octanol–water partition coefficient (Wildman–Crippen LogP) is 1.80. The number of piperazine rings is 1. The van der Waals surface area contributed by atoms with E-state index in [-0.39, 0.29) is 18.1 Å². The summed E-state index contributed by atoms with van der Waals surface area (Å²) in [4.78, 5) is 27.7. The number of hydrogen-bond acceptors (Lipinski definition) is 5. The van der Waals surface area contributed by atoms with Gasteiger partial charge >= 0.3 is 0 Å². The lowest BCUT2D eigenvalue weighted by molar-refractivity contribution is -0.134. The van der Waals surface area contributed by atoms with Crippen molar-refractivity contribution in [2.45, 2.75) is 13.3 Å². The van der Waals surface area contributed by atoms with E-state index in [4.69, 9.17) is 4.52 Å². The quantitative estimate of drug-likeness (QED) is 0.854. The lowest BCUT2D eigenvalue weighted by atomic mass is 10.2. The minimum absolute atomic E-state index is 0.258. The number of halogens is 1. The highest BCUT2D eigenvalue weighted by Crippen LogP contribution is 2.20. The molecule has 2 heterocycles. The Kier molecular flexibility index (Phi) is 4.97. The first-order valence-electron chi connectivity index (χ1n) is 8.03. The van der Waals surface area contributed by atoms with Gasteiger partial charge < -0.3 is 19.6 Å². The molecule has 132 valence electrons. The van der Waals surface area contributed by atoms with Crippen molar-refractivity contribution in [1.82, 2.24) is 10.1 Å². The van der Waals surface area contributed by atoms with Crippen LogP contribution in [0.4, 0.5) is 15.9 Å². The molecule has 25 heavy (non-hydrogen) atoms. The molecule has 0 saturated carbocycles. The Morgan fingerprint density at radius 1 is 1.24 bits per heavy atom. The van der Waals surface area contributed by atoms with Gasteiger partial charge in [-0.25, -0.2) is 4.39 Å². The molecule has 0 atom stereocenters. The van der Waals surface area contributed by atoms with Crippen molar-refractivity contribution in [1.29, 1.82) is 0 Å². The molecule has 0 radical (unpaired) electrons. The first kappa shape index (κ1) is 16.9. The van der Waals surface area contributed by atoms with Crippen LogP contribution in [0, 0.1) is 12.7 Å². The molecule has 1 aromatic carbocycles. The highest BCUT2D eigenvalue weighted by atomic mass is 19.1. The zero-order valence-electron chi connectivity index (χ0n) is 13.9. The van der Waals surface area contributed by atoms with Crippen LogP contribution in [0.2, 0.25) is 0 Å². The van der Waals surface area contributed by atoms with Gasteiger partial charge in [0.25, 0.3) is 0 Å². The summed E-state index contributed by atoms with van der Waals surface area (Å²) >= 11 is 0. The van der Waals surface area contributed by atoms with Crippen molar-refractivity contribution in [3.05, 3.63) is 41.9 Å². The van der Waals surface area contributed by atoms with E-state index in [2.05, 4.69) is 10.5 Å². The average Bonchev–Trinajstić information content (AvgIpc) is 3.00. The number of carbonyl (C=O) groups is 2. The highest BCUT2D eigenvalue weighted by Gasteiger charge is 2.24. The molecule has 1 fully saturated rings. The van der Waals surface area contributed by atoms with Gasteiger partial charge in [0.1, 0.15) is 18.0 Å². The fourth-order valence-electron chi connectivity index (χ4n) is 2.77. The van der Waals surface area contributed by atoms with Crippen molar-refractivity contribution >= 4 is 23.3 Å². The lowest BCUT2D eigenvalue weighted by Crippen LogP contribution is -2.49. The number of carbonyl (C=O) groups excluding carboxylic acids is 2. The Hall–Kier alpha value is -2.90. The van der Waals surface area contributed by atoms with E-state index in [0.29, 0.717) is 43.4 Å². The molecule has 1 N–H and O–H groups in total. The fraction of sp³-hybridized carbons (Fsp3) is 0.353. The van der Waals surface area contributed by atoms with Gasteiger partial charge in [0.2, 0.25) is 11.8 Å². The third-order valence-electron chi connectivity index (χ3n) is 4.03. The van der Waals surface area contributed by atoms with Gasteiger partial charge in [-0.3, -0.25) is 9.59 Å². The average molecular weight is 346 g/mol. The van der Waals surface area contributed by atoms with Crippen LogP contribution in [0.15, 0.2) is 34.9 Å². The van der Waals surface area contributed by atoms with Gasteiger partial charge in [-0.1, -0.05) is 17.3 Å². The molecule has 0 unspecified atom stereocenters. The molecule has 0 bridgehead atoms. The van der Waals surface area contributed by atoms with Crippen molar-refractivity contribution in [2.75, 3.05) is 36.4 Å². The molecule has 3 rings (SSSR count). The van der Waals surface area contributed by atoms with E-state index >= 15 is 0 Å². The third kappa shape index (κ3) is 4.14. The van der Waals surface area contributed by atoms with E-state index in [1.807, 2.05) is 4.90 Å². The van der Waals surface area contributed by atoms with E-state index in [1.165, 1.54) is 6.07 Å². The Labute approximate surface area is 144 Å². The Morgan fingerprint density at radius 2 is 1.96 bits per heavy atom. The second-order valence-corrected chi connectivity index (χ2v) is 5.87. The number of aryl methyl sites for hydroxylation is 1. The van der Waals surface area contributed by atoms with Crippen LogP contribution in [0.1, 0.15) is 12.2 Å². The van der Waals surface area contributed by atoms with Crippen LogP contribution in [0.5, 0.6) is 0 Å². The topological polar surface area (TPSA) is 78.7 Å². The maximum Gasteiger partial charge on any atom is 0.235 e. The Morgan fingerprint density at radius 3 is 2.60 bits per heavy atom. The van der Waals surface area contributed by atoms with Gasteiger partial charge in [0, 0.05) is 32.2 Å². The molecule has 0 spiro atoms. The molecule has 0 aliphatic carbocycles. The van der Waals surface area contributed by atoms with E-state index < -0.39 is 5.91 Å². The minimum atomic E-state index is -0.435. The zero-order valence-corrected chi connectivity index (χ0v) is 13.9. The van der Waals surface area contributed by atoms with Crippen LogP contribution in [-0.4, -0.2) is 48.0 Å². The van der Waals surface area contributed by atoms with Crippen molar-refractivity contribution < 1.29 is 18.5 Å². The van der Waals surface area contributed by atoms with Gasteiger partial charge in [-0.05, 0) is 19.1 Å². The second kappa shape index (κ2) is 7.33. The number of rotatable bonds is 4. The molecular weight excluding hydrogens is 327 g/mol. The normalized spacial score (nSPS) is 14.5. The molecule has 1 aromatic heterocycles. The van der Waals surface area contributed by atoms with Gasteiger partial charge in [0.15, 0.2) is 5.82 Å². The van der Waals surface area contributed by atoms with Gasteiger partial charge in [0.05, 0.1) is 5.69 Å². The van der Waals surface area contributed by atoms with Crippen molar-refractivity contribution in [3.63, 3.8) is 0 Å². The maximum absolute atomic E-state index is 13.8. The lowest BCUT2D eigenvalue weighted by Gasteiger charge is -2.36. The van der Waals surface area contributed by atoms with Crippen LogP contribution in [-0.2, 0) is 9.59 Å². The standard InChI is InChI=1S/C17H19FN4O3/c1-12-10-15(20-25-12)19-16(23)11-17(24)22-8-6-21(7-9-22)14-5-3-2-4-13(14)18/h2-5,10H,6-9,11H2,1H3,(H,19,20,23). The highest BCUT2D eigenvalue weighted by molar-refractivity contribution is 6.03. The van der Waals surface area contributed by atoms with Gasteiger partial charge in [-0.2, -0.15) is 0 Å². The molecule has 1 aliphatic heterocycles. The summed E-state index contributed by atoms with van der Waals surface area (Å²) in [6.07, 6.45) is -0.258. The number of anilines is 2. The zero-order chi connectivity index (χ0) is 17.8. The Balaban J connectivity index is 1.50. The van der Waals surface area contributed by atoms with E-state index in [1.54, 1.807) is 36.1 Å². The van der Waals surface area contributed by atoms with Crippen molar-refractivity contribution in [3.8, 4) is 0 Å². The van der Waals surface area contributed by atoms with Crippen LogP contribution < -0.4 is 10.2 Å². The molecule has 7 nitrogen and oxygen atoms in total. The van der Waals surface area contributed by atoms with Crippen molar-refractivity contribution in [2.24, 2.45) is 0 Å². The van der Waals surface area contributed by atoms with E-state index in [9.17, 15) is 14.0 Å². The fourth-order valence-corrected chi connectivity index (χ4v) is 2.77. The largest absolute Gasteiger partial charge is 0.366 e. The smallest absolute Gasteiger partial charge is 0.235 e. The van der Waals surface area contributed by atoms with Crippen LogP contribution >= 0.6 is 0 Å². The third-order valence-corrected chi connectivity index (χ3v) is 4.03. The summed E-state index contributed by atoms with van der Waals surface area (Å²) < 4.78 is 18.7. The number of nitrogens with zero attached hydrogens (tertiary/aromatic N) is 3. The van der Waals surface area contributed by atoms with E-state index in [0.717, 1.165) is 0 Å². The monoisotopic (exact) mass is 346 g/mol. The first-order valence-corrected chi connectivity index (χ1v) is 8.03. The summed E-state index contributed by atoms with van der Waals surface area (Å²) in [5, 5.41) is 6.18. The summed E-state index contributed by atoms with van der Waals surface area (Å²) in [5.74, 6) is -0.101. The maximum atomic E-state index is 13.8. The number of aromatic nitrogens is 1. The van der Waals surface area contributed by atoms with Crippen LogP contribution in [0.25, 0.3) is 0 Å². The Bertz CT molecular complexity index is 769. The minimum Gasteiger partial charge on any atom is -0.366 e. The summed E-state index contributed by atoms with van der Waals surface area (Å²) in [6, 6.07) is 8.15. The molecular formula is C17H19FN4O3. The van der Waals surface area contributed by atoms with Crippen LogP contribution in [0.3, 0.4) is 0 Å². The molecule has 8 heteroatoms. The SMILES string of the molecule is Cc1cc(NC(=O)CC(=O)N2CCN(c3ccccc3F)CC2)no1. The number of nitrogens with one attached hydrogen (secondary N) is 1.